The van der Waals surface area contributed by atoms with E-state index in [0.29, 0.717) is 28.7 Å². The Bertz CT molecular complexity index is 945. The van der Waals surface area contributed by atoms with Crippen molar-refractivity contribution in [1.82, 2.24) is 19.2 Å². The third-order valence-corrected chi connectivity index (χ3v) is 5.74. The molecule has 0 unspecified atom stereocenters. The molecule has 2 heterocycles. The molecular weight excluding hydrogens is 438 g/mol. The number of thiazole rings is 1. The first-order valence-corrected chi connectivity index (χ1v) is 10.1. The number of hydrogen-bond donors (Lipinski definition) is 0. The van der Waals surface area contributed by atoms with Crippen LogP contribution in [0.2, 0.25) is 0 Å². The molecule has 2 aromatic heterocycles. The van der Waals surface area contributed by atoms with Gasteiger partial charge >= 0.3 is 12.4 Å². The number of nitrogens with zero attached hydrogens (tertiary/aromatic N) is 4. The van der Waals surface area contributed by atoms with Crippen LogP contribution >= 0.6 is 23.3 Å². The summed E-state index contributed by atoms with van der Waals surface area (Å²) >= 11 is 2.21. The summed E-state index contributed by atoms with van der Waals surface area (Å²) in [4.78, 5) is 8.33. The van der Waals surface area contributed by atoms with Gasteiger partial charge in [0.05, 0.1) is 16.8 Å². The zero-order valence-electron chi connectivity index (χ0n) is 14.9. The Hall–Kier alpha value is -2.08. The van der Waals surface area contributed by atoms with Crippen LogP contribution in [0.25, 0.3) is 11.3 Å². The van der Waals surface area contributed by atoms with Gasteiger partial charge < -0.3 is 0 Å². The second-order valence-electron chi connectivity index (χ2n) is 6.04. The van der Waals surface area contributed by atoms with Crippen LogP contribution in [0, 0.1) is 0 Å². The molecule has 0 aliphatic heterocycles. The summed E-state index contributed by atoms with van der Waals surface area (Å²) in [5, 5.41) is 5.49. The minimum absolute atomic E-state index is 0.0318. The van der Waals surface area contributed by atoms with Gasteiger partial charge in [0.2, 0.25) is 0 Å². The predicted molar refractivity (Wildman–Crippen MR) is 97.4 cm³/mol. The van der Waals surface area contributed by atoms with Crippen LogP contribution in [0.3, 0.4) is 0 Å². The summed E-state index contributed by atoms with van der Waals surface area (Å²) < 4.78 is 80.3. The largest absolute Gasteiger partial charge is 0.416 e. The van der Waals surface area contributed by atoms with E-state index in [-0.39, 0.29) is 17.3 Å². The van der Waals surface area contributed by atoms with Gasteiger partial charge in [0.15, 0.2) is 4.34 Å². The summed E-state index contributed by atoms with van der Waals surface area (Å²) in [7, 11) is 0. The molecule has 0 fully saturated rings. The topological polar surface area (TPSA) is 43.6 Å². The van der Waals surface area contributed by atoms with Gasteiger partial charge in [-0.05, 0) is 24.6 Å². The number of alkyl halides is 6. The second-order valence-corrected chi connectivity index (χ2v) is 8.07. The lowest BCUT2D eigenvalue weighted by atomic mass is 10.0. The van der Waals surface area contributed by atoms with Crippen LogP contribution in [0.4, 0.5) is 26.3 Å². The Labute approximate surface area is 170 Å². The van der Waals surface area contributed by atoms with E-state index in [1.165, 1.54) is 11.7 Å². The summed E-state index contributed by atoms with van der Waals surface area (Å²) in [5.74, 6) is 0.715. The Morgan fingerprint density at radius 2 is 1.69 bits per heavy atom. The standard InChI is InChI=1S/C17H14F6N4S2/c1-2-3-4-14-24-9-25-27(14)29-15-26-13(8-28-15)10-5-11(16(18,19)20)7-12(6-10)17(21,22)23/h5-9H,2-4H2,1H3. The molecule has 0 bridgehead atoms. The Balaban J connectivity index is 1.91. The van der Waals surface area contributed by atoms with Crippen LogP contribution in [0.5, 0.6) is 0 Å². The minimum Gasteiger partial charge on any atom is -0.228 e. The number of unbranched alkanes of at least 4 members (excludes halogenated alkanes) is 1. The fraction of sp³-hybridized carbons (Fsp3) is 0.353. The molecule has 1 aromatic carbocycles. The van der Waals surface area contributed by atoms with E-state index < -0.39 is 23.5 Å². The van der Waals surface area contributed by atoms with Crippen molar-refractivity contribution in [2.75, 3.05) is 0 Å². The Morgan fingerprint density at radius 1 is 1.03 bits per heavy atom. The summed E-state index contributed by atoms with van der Waals surface area (Å²) in [6.07, 6.45) is -5.85. The maximum atomic E-state index is 13.0. The third-order valence-electron chi connectivity index (χ3n) is 3.87. The van der Waals surface area contributed by atoms with E-state index in [9.17, 15) is 26.3 Å². The summed E-state index contributed by atoms with van der Waals surface area (Å²) in [6, 6.07) is 1.43. The Kier molecular flexibility index (Phi) is 6.22. The normalized spacial score (nSPS) is 12.5. The van der Waals surface area contributed by atoms with Crippen molar-refractivity contribution >= 4 is 23.3 Å². The van der Waals surface area contributed by atoms with Crippen LogP contribution in [0.1, 0.15) is 36.7 Å². The summed E-state index contributed by atoms with van der Waals surface area (Å²) in [6.45, 7) is 2.03. The summed E-state index contributed by atoms with van der Waals surface area (Å²) in [5.41, 5.74) is -2.96. The van der Waals surface area contributed by atoms with Crippen molar-refractivity contribution in [3.63, 3.8) is 0 Å². The molecular formula is C17H14F6N4S2. The van der Waals surface area contributed by atoms with Gasteiger partial charge in [-0.15, -0.1) is 16.4 Å². The lowest BCUT2D eigenvalue weighted by molar-refractivity contribution is -0.143. The molecule has 0 spiro atoms. The molecule has 3 rings (SSSR count). The monoisotopic (exact) mass is 452 g/mol. The zero-order chi connectivity index (χ0) is 21.2. The first-order chi connectivity index (χ1) is 13.6. The SMILES string of the molecule is CCCCc1ncnn1Sc1nc(-c2cc(C(F)(F)F)cc(C(F)(F)F)c2)cs1. The van der Waals surface area contributed by atoms with Crippen molar-refractivity contribution in [1.29, 1.82) is 0 Å². The van der Waals surface area contributed by atoms with Crippen molar-refractivity contribution < 1.29 is 26.3 Å². The van der Waals surface area contributed by atoms with Gasteiger partial charge in [0, 0.05) is 29.3 Å². The van der Waals surface area contributed by atoms with E-state index in [1.807, 2.05) is 6.92 Å². The molecule has 3 aromatic rings. The zero-order valence-corrected chi connectivity index (χ0v) is 16.5. The van der Waals surface area contributed by atoms with Crippen molar-refractivity contribution in [2.24, 2.45) is 0 Å². The number of rotatable bonds is 6. The number of aryl methyl sites for hydroxylation is 1. The van der Waals surface area contributed by atoms with Crippen molar-refractivity contribution in [3.05, 3.63) is 46.9 Å². The predicted octanol–water partition coefficient (Wildman–Crippen LogP) is 6.34. The minimum atomic E-state index is -4.90. The molecule has 0 saturated carbocycles. The van der Waals surface area contributed by atoms with Crippen LogP contribution in [-0.4, -0.2) is 19.2 Å². The first kappa shape index (κ1) is 21.6. The van der Waals surface area contributed by atoms with Gasteiger partial charge in [-0.1, -0.05) is 13.3 Å². The van der Waals surface area contributed by atoms with Gasteiger partial charge in [0.1, 0.15) is 12.2 Å². The molecule has 12 heteroatoms. The van der Waals surface area contributed by atoms with E-state index in [4.69, 9.17) is 0 Å². The van der Waals surface area contributed by atoms with Gasteiger partial charge in [0.25, 0.3) is 0 Å². The first-order valence-electron chi connectivity index (χ1n) is 8.40. The highest BCUT2D eigenvalue weighted by atomic mass is 32.2. The lowest BCUT2D eigenvalue weighted by Crippen LogP contribution is -2.11. The van der Waals surface area contributed by atoms with E-state index in [0.717, 1.165) is 36.1 Å². The number of benzene rings is 1. The highest BCUT2D eigenvalue weighted by molar-refractivity contribution is 7.99. The fourth-order valence-corrected chi connectivity index (χ4v) is 4.14. The van der Waals surface area contributed by atoms with Crippen molar-refractivity contribution in [3.8, 4) is 11.3 Å². The van der Waals surface area contributed by atoms with Crippen LogP contribution in [0.15, 0.2) is 34.2 Å². The molecule has 0 aliphatic carbocycles. The van der Waals surface area contributed by atoms with E-state index >= 15 is 0 Å². The van der Waals surface area contributed by atoms with E-state index in [1.54, 1.807) is 4.09 Å². The van der Waals surface area contributed by atoms with Gasteiger partial charge in [-0.2, -0.15) is 30.4 Å². The van der Waals surface area contributed by atoms with Crippen molar-refractivity contribution in [2.45, 2.75) is 42.9 Å². The third kappa shape index (κ3) is 5.30. The van der Waals surface area contributed by atoms with Gasteiger partial charge in [-0.3, -0.25) is 0 Å². The fourth-order valence-electron chi connectivity index (χ4n) is 2.44. The quantitative estimate of drug-likeness (QED) is 0.410. The molecule has 156 valence electrons. The second kappa shape index (κ2) is 8.34. The number of aromatic nitrogens is 4. The molecule has 0 atom stereocenters. The molecule has 0 amide bonds. The number of hydrogen-bond acceptors (Lipinski definition) is 5. The molecule has 0 saturated heterocycles. The lowest BCUT2D eigenvalue weighted by Gasteiger charge is -2.13. The van der Waals surface area contributed by atoms with Crippen LogP contribution in [-0.2, 0) is 18.8 Å². The highest BCUT2D eigenvalue weighted by Gasteiger charge is 2.37. The highest BCUT2D eigenvalue weighted by Crippen LogP contribution is 2.39. The molecule has 0 radical (unpaired) electrons. The maximum absolute atomic E-state index is 13.0. The number of halogens is 6. The van der Waals surface area contributed by atoms with E-state index in [2.05, 4.69) is 15.1 Å². The molecule has 29 heavy (non-hydrogen) atoms. The smallest absolute Gasteiger partial charge is 0.228 e. The molecule has 0 N–H and O–H groups in total. The average Bonchev–Trinajstić information content (AvgIpc) is 3.28. The molecule has 4 nitrogen and oxygen atoms in total. The average molecular weight is 452 g/mol. The Morgan fingerprint density at radius 3 is 2.28 bits per heavy atom. The van der Waals surface area contributed by atoms with Crippen LogP contribution < -0.4 is 0 Å². The maximum Gasteiger partial charge on any atom is 0.416 e. The van der Waals surface area contributed by atoms with Gasteiger partial charge in [-0.25, -0.2) is 9.97 Å². The molecule has 0 aliphatic rings.